The maximum atomic E-state index is 9.37. The monoisotopic (exact) mass is 315 g/mol. The number of hydrogen-bond acceptors (Lipinski definition) is 4. The van der Waals surface area contributed by atoms with Gasteiger partial charge >= 0.3 is 0 Å². The fourth-order valence-corrected chi connectivity index (χ4v) is 2.39. The molecule has 1 aliphatic rings. The molecule has 0 amide bonds. The minimum atomic E-state index is -0.248. The van der Waals surface area contributed by atoms with Crippen LogP contribution < -0.4 is 14.2 Å². The van der Waals surface area contributed by atoms with Crippen molar-refractivity contribution in [2.24, 2.45) is 0 Å². The highest BCUT2D eigenvalue weighted by Crippen LogP contribution is 2.35. The van der Waals surface area contributed by atoms with Crippen molar-refractivity contribution in [3.63, 3.8) is 0 Å². The zero-order chi connectivity index (χ0) is 15.4. The van der Waals surface area contributed by atoms with E-state index in [9.17, 15) is 5.26 Å². The lowest BCUT2D eigenvalue weighted by Gasteiger charge is -2.11. The summed E-state index contributed by atoms with van der Waals surface area (Å²) in [5.74, 6) is 1.91. The van der Waals surface area contributed by atoms with Crippen LogP contribution in [0.3, 0.4) is 0 Å². The number of ether oxygens (including phenoxy) is 3. The van der Waals surface area contributed by atoms with Gasteiger partial charge < -0.3 is 14.2 Å². The Bertz CT molecular complexity index is 694. The predicted octanol–water partition coefficient (Wildman–Crippen LogP) is 4.14. The zero-order valence-electron chi connectivity index (χ0n) is 11.8. The summed E-state index contributed by atoms with van der Waals surface area (Å²) in [6, 6.07) is 15.1. The van der Waals surface area contributed by atoms with E-state index in [2.05, 4.69) is 6.07 Å². The molecule has 0 saturated carbocycles. The van der Waals surface area contributed by atoms with E-state index in [1.807, 2.05) is 30.3 Å². The maximum absolute atomic E-state index is 9.37. The Hall–Kier alpha value is -2.38. The normalized spacial score (nSPS) is 13.5. The molecule has 0 radical (unpaired) electrons. The molecule has 3 rings (SSSR count). The molecule has 112 valence electrons. The molecule has 1 heterocycles. The van der Waals surface area contributed by atoms with Crippen LogP contribution in [-0.4, -0.2) is 13.4 Å². The number of nitrogens with zero attached hydrogens (tertiary/aromatic N) is 1. The van der Waals surface area contributed by atoms with E-state index in [-0.39, 0.29) is 12.7 Å². The van der Waals surface area contributed by atoms with E-state index >= 15 is 0 Å². The lowest BCUT2D eigenvalue weighted by molar-refractivity contribution is 0.174. The molecule has 0 N–H and O–H groups in total. The van der Waals surface area contributed by atoms with Gasteiger partial charge in [-0.1, -0.05) is 17.7 Å². The second-order valence-corrected chi connectivity index (χ2v) is 5.32. The van der Waals surface area contributed by atoms with Crippen molar-refractivity contribution >= 4 is 11.6 Å². The van der Waals surface area contributed by atoms with Gasteiger partial charge in [0.05, 0.1) is 18.6 Å². The lowest BCUT2D eigenvalue weighted by Crippen LogP contribution is -2.04. The smallest absolute Gasteiger partial charge is 0.231 e. The van der Waals surface area contributed by atoms with E-state index in [4.69, 9.17) is 25.8 Å². The van der Waals surface area contributed by atoms with Crippen LogP contribution >= 0.6 is 11.6 Å². The third-order valence-corrected chi connectivity index (χ3v) is 3.70. The first-order valence-corrected chi connectivity index (χ1v) is 7.31. The van der Waals surface area contributed by atoms with Crippen LogP contribution in [0.5, 0.6) is 17.2 Å². The minimum absolute atomic E-state index is 0.232. The summed E-state index contributed by atoms with van der Waals surface area (Å²) in [6.07, 6.45) is 0.596. The lowest BCUT2D eigenvalue weighted by atomic mass is 9.97. The van der Waals surface area contributed by atoms with E-state index < -0.39 is 0 Å². The van der Waals surface area contributed by atoms with Crippen LogP contribution in [0.1, 0.15) is 17.9 Å². The molecule has 0 aromatic heterocycles. The van der Waals surface area contributed by atoms with Gasteiger partial charge in [0.15, 0.2) is 11.5 Å². The van der Waals surface area contributed by atoms with Gasteiger partial charge in [-0.3, -0.25) is 0 Å². The van der Waals surface area contributed by atoms with Crippen molar-refractivity contribution in [3.05, 3.63) is 53.1 Å². The van der Waals surface area contributed by atoms with Crippen LogP contribution in [0.15, 0.2) is 42.5 Å². The van der Waals surface area contributed by atoms with E-state index in [0.717, 1.165) is 17.1 Å². The molecule has 1 unspecified atom stereocenters. The summed E-state index contributed by atoms with van der Waals surface area (Å²) in [6.45, 7) is 0.685. The highest BCUT2D eigenvalue weighted by Gasteiger charge is 2.17. The summed E-state index contributed by atoms with van der Waals surface area (Å²) in [4.78, 5) is 0. The highest BCUT2D eigenvalue weighted by atomic mass is 35.5. The Kier molecular flexibility index (Phi) is 4.36. The summed E-state index contributed by atoms with van der Waals surface area (Å²) >= 11 is 5.82. The molecular formula is C17H14ClNO3. The Morgan fingerprint density at radius 3 is 2.68 bits per heavy atom. The van der Waals surface area contributed by atoms with E-state index in [1.165, 1.54) is 0 Å². The van der Waals surface area contributed by atoms with Crippen molar-refractivity contribution in [2.75, 3.05) is 13.4 Å². The second-order valence-electron chi connectivity index (χ2n) is 4.89. The zero-order valence-corrected chi connectivity index (χ0v) is 12.5. The molecule has 1 atom stereocenters. The van der Waals surface area contributed by atoms with Gasteiger partial charge in [0.1, 0.15) is 5.75 Å². The van der Waals surface area contributed by atoms with Crippen LogP contribution in [0.2, 0.25) is 5.02 Å². The van der Waals surface area contributed by atoms with Gasteiger partial charge in [-0.15, -0.1) is 0 Å². The SMILES string of the molecule is N#CC(CCOc1ccc(Cl)cc1)c1ccc2c(c1)OCO2. The average molecular weight is 316 g/mol. The maximum Gasteiger partial charge on any atom is 0.231 e. The fourth-order valence-electron chi connectivity index (χ4n) is 2.26. The third-order valence-electron chi connectivity index (χ3n) is 3.44. The number of hydrogen-bond donors (Lipinski definition) is 0. The molecule has 0 bridgehead atoms. The topological polar surface area (TPSA) is 51.5 Å². The standard InChI is InChI=1S/C17H14ClNO3/c18-14-2-4-15(5-3-14)20-8-7-13(10-19)12-1-6-16-17(9-12)22-11-21-16/h1-6,9,13H,7-8,11H2. The quantitative estimate of drug-likeness (QED) is 0.832. The van der Waals surface area contributed by atoms with Gasteiger partial charge in [-0.05, 0) is 42.0 Å². The van der Waals surface area contributed by atoms with Crippen molar-refractivity contribution in [2.45, 2.75) is 12.3 Å². The molecule has 0 saturated heterocycles. The molecule has 2 aromatic rings. The molecule has 2 aromatic carbocycles. The molecular weight excluding hydrogens is 302 g/mol. The molecule has 22 heavy (non-hydrogen) atoms. The van der Waals surface area contributed by atoms with Crippen LogP contribution in [0, 0.1) is 11.3 Å². The van der Waals surface area contributed by atoms with Gasteiger partial charge in [0, 0.05) is 11.4 Å². The van der Waals surface area contributed by atoms with Crippen LogP contribution in [0.25, 0.3) is 0 Å². The molecule has 0 aliphatic carbocycles. The Morgan fingerprint density at radius 1 is 1.14 bits per heavy atom. The van der Waals surface area contributed by atoms with Crippen molar-refractivity contribution in [1.82, 2.24) is 0 Å². The van der Waals surface area contributed by atoms with Gasteiger partial charge in [-0.25, -0.2) is 0 Å². The van der Waals surface area contributed by atoms with Crippen LogP contribution in [-0.2, 0) is 0 Å². The first-order valence-electron chi connectivity index (χ1n) is 6.94. The first-order chi connectivity index (χ1) is 10.8. The number of halogens is 1. The van der Waals surface area contributed by atoms with E-state index in [0.29, 0.717) is 23.8 Å². The van der Waals surface area contributed by atoms with Crippen LogP contribution in [0.4, 0.5) is 0 Å². The Morgan fingerprint density at radius 2 is 1.91 bits per heavy atom. The Labute approximate surface area is 133 Å². The average Bonchev–Trinajstić information content (AvgIpc) is 3.01. The van der Waals surface area contributed by atoms with Gasteiger partial charge in [0.2, 0.25) is 6.79 Å². The number of fused-ring (bicyclic) bond motifs is 1. The highest BCUT2D eigenvalue weighted by molar-refractivity contribution is 6.30. The number of rotatable bonds is 5. The van der Waals surface area contributed by atoms with Crippen molar-refractivity contribution < 1.29 is 14.2 Å². The van der Waals surface area contributed by atoms with Crippen molar-refractivity contribution in [3.8, 4) is 23.3 Å². The van der Waals surface area contributed by atoms with Crippen molar-refractivity contribution in [1.29, 1.82) is 5.26 Å². The summed E-state index contributed by atoms with van der Waals surface area (Å²) in [5, 5.41) is 10.0. The number of benzene rings is 2. The largest absolute Gasteiger partial charge is 0.494 e. The second kappa shape index (κ2) is 6.59. The first kappa shape index (κ1) is 14.6. The molecule has 5 heteroatoms. The third kappa shape index (κ3) is 3.26. The molecule has 0 spiro atoms. The predicted molar refractivity (Wildman–Crippen MR) is 82.5 cm³/mol. The molecule has 1 aliphatic heterocycles. The number of nitriles is 1. The van der Waals surface area contributed by atoms with E-state index in [1.54, 1.807) is 12.1 Å². The van der Waals surface area contributed by atoms with Gasteiger partial charge in [-0.2, -0.15) is 5.26 Å². The molecule has 4 nitrogen and oxygen atoms in total. The Balaban J connectivity index is 1.60. The summed E-state index contributed by atoms with van der Waals surface area (Å²) in [7, 11) is 0. The summed E-state index contributed by atoms with van der Waals surface area (Å²) in [5.41, 5.74) is 0.909. The summed E-state index contributed by atoms with van der Waals surface area (Å²) < 4.78 is 16.3. The molecule has 0 fully saturated rings. The fraction of sp³-hybridized carbons (Fsp3) is 0.235. The van der Waals surface area contributed by atoms with Gasteiger partial charge in [0.25, 0.3) is 0 Å². The minimum Gasteiger partial charge on any atom is -0.494 e.